The Labute approximate surface area is 222 Å². The second-order valence-electron chi connectivity index (χ2n) is 9.30. The molecule has 0 saturated carbocycles. The van der Waals surface area contributed by atoms with E-state index in [1.807, 2.05) is 38.4 Å². The number of amides is 1. The average Bonchev–Trinajstić information content (AvgIpc) is 3.54. The molecule has 1 amide bonds. The Balaban J connectivity index is 0.000000448. The molecule has 13 heteroatoms. The van der Waals surface area contributed by atoms with Gasteiger partial charge in [0.1, 0.15) is 5.69 Å². The van der Waals surface area contributed by atoms with Gasteiger partial charge in [0.2, 0.25) is 0 Å². The zero-order valence-electron chi connectivity index (χ0n) is 21.6. The maximum atomic E-state index is 13.4. The first-order valence-electron chi connectivity index (χ1n) is 12.2. The minimum absolute atomic E-state index is 0.0495. The van der Waals surface area contributed by atoms with Crippen LogP contribution in [0.15, 0.2) is 55.1 Å². The minimum Gasteiger partial charge on any atom is -0.475 e. The Morgan fingerprint density at radius 3 is 2.23 bits per heavy atom. The van der Waals surface area contributed by atoms with E-state index in [9.17, 15) is 18.0 Å². The summed E-state index contributed by atoms with van der Waals surface area (Å²) in [6.45, 7) is 9.59. The number of imidazole rings is 1. The molecule has 0 radical (unpaired) electrons. The van der Waals surface area contributed by atoms with Gasteiger partial charge in [-0.2, -0.15) is 18.3 Å². The highest BCUT2D eigenvalue weighted by Gasteiger charge is 2.38. The highest BCUT2D eigenvalue weighted by atomic mass is 19.4. The fraction of sp³-hybridized carbons (Fsp3) is 0.346. The van der Waals surface area contributed by atoms with E-state index in [0.29, 0.717) is 36.2 Å². The van der Waals surface area contributed by atoms with Crippen LogP contribution in [0.3, 0.4) is 0 Å². The number of benzene rings is 1. The second-order valence-corrected chi connectivity index (χ2v) is 9.30. The van der Waals surface area contributed by atoms with Crippen molar-refractivity contribution in [3.8, 4) is 17.2 Å². The van der Waals surface area contributed by atoms with Crippen LogP contribution >= 0.6 is 0 Å². The molecule has 0 unspecified atom stereocenters. The van der Waals surface area contributed by atoms with Crippen LogP contribution < -0.4 is 0 Å². The van der Waals surface area contributed by atoms with Crippen LogP contribution in [0.5, 0.6) is 0 Å². The number of carbonyl (C=O) groups excluding carboxylic acids is 1. The predicted molar refractivity (Wildman–Crippen MR) is 137 cm³/mol. The Kier molecular flexibility index (Phi) is 8.00. The van der Waals surface area contributed by atoms with E-state index in [-0.39, 0.29) is 5.91 Å². The molecule has 4 aromatic rings. The summed E-state index contributed by atoms with van der Waals surface area (Å²) < 4.78 is 35.5. The van der Waals surface area contributed by atoms with Gasteiger partial charge in [-0.1, -0.05) is 17.7 Å². The fourth-order valence-electron chi connectivity index (χ4n) is 4.23. The molecule has 0 atom stereocenters. The maximum absolute atomic E-state index is 13.4. The Hall–Kier alpha value is -4.26. The second kappa shape index (κ2) is 11.2. The van der Waals surface area contributed by atoms with Gasteiger partial charge in [-0.25, -0.2) is 14.5 Å². The van der Waals surface area contributed by atoms with E-state index in [1.54, 1.807) is 18.6 Å². The minimum atomic E-state index is -5.08. The molecule has 1 fully saturated rings. The zero-order chi connectivity index (χ0) is 28.3. The van der Waals surface area contributed by atoms with E-state index in [2.05, 4.69) is 47.9 Å². The number of carboxylic acid groups (broad SMARTS) is 1. The Morgan fingerprint density at radius 1 is 1.00 bits per heavy atom. The summed E-state index contributed by atoms with van der Waals surface area (Å²) in [6.07, 6.45) is 1.93. The third-order valence-electron chi connectivity index (χ3n) is 6.37. The average molecular weight is 544 g/mol. The summed E-state index contributed by atoms with van der Waals surface area (Å²) in [6, 6.07) is 10.6. The number of rotatable bonds is 4. The first-order chi connectivity index (χ1) is 18.5. The van der Waals surface area contributed by atoms with Crippen LogP contribution in [-0.2, 0) is 4.79 Å². The van der Waals surface area contributed by atoms with E-state index in [0.717, 1.165) is 24.5 Å². The lowest BCUT2D eigenvalue weighted by Gasteiger charge is -2.36. The van der Waals surface area contributed by atoms with Gasteiger partial charge in [0.15, 0.2) is 11.5 Å². The number of aliphatic carboxylic acids is 1. The molecule has 3 aromatic heterocycles. The highest BCUT2D eigenvalue weighted by Crippen LogP contribution is 2.26. The topological polar surface area (TPSA) is 109 Å². The van der Waals surface area contributed by atoms with Crippen LogP contribution in [0, 0.1) is 6.92 Å². The number of alkyl halides is 3. The van der Waals surface area contributed by atoms with E-state index >= 15 is 0 Å². The van der Waals surface area contributed by atoms with Crippen molar-refractivity contribution in [2.45, 2.75) is 33.0 Å². The van der Waals surface area contributed by atoms with Crippen molar-refractivity contribution in [2.75, 3.05) is 26.2 Å². The van der Waals surface area contributed by atoms with Crippen molar-refractivity contribution < 1.29 is 27.9 Å². The Bertz CT molecular complexity index is 1450. The van der Waals surface area contributed by atoms with Gasteiger partial charge < -0.3 is 10.0 Å². The molecule has 1 N–H and O–H groups in total. The number of nitrogens with zero attached hydrogens (tertiary/aromatic N) is 7. The number of hydrogen-bond acceptors (Lipinski definition) is 6. The standard InChI is InChI=1S/C24H27N7O.C2HF3O2/c1-17(2)28-12-14-29(15-13-28)24(32)22-21-16-25-10-11-30(21)23(27-22)20-8-9-26-31(20)19-6-4-18(3)5-7-19;3-2(4,5)1(6)7/h4-11,16-17H,12-15H2,1-3H3;(H,6,7). The number of carboxylic acids is 1. The molecule has 4 heterocycles. The van der Waals surface area contributed by atoms with Crippen molar-refractivity contribution >= 4 is 17.4 Å². The van der Waals surface area contributed by atoms with Crippen molar-refractivity contribution in [3.05, 3.63) is 66.4 Å². The van der Waals surface area contributed by atoms with E-state index < -0.39 is 12.1 Å². The first kappa shape index (κ1) is 27.8. The largest absolute Gasteiger partial charge is 0.490 e. The van der Waals surface area contributed by atoms with Crippen LogP contribution in [0.1, 0.15) is 29.9 Å². The summed E-state index contributed by atoms with van der Waals surface area (Å²) in [7, 11) is 0. The van der Waals surface area contributed by atoms with Crippen LogP contribution in [0.25, 0.3) is 22.7 Å². The van der Waals surface area contributed by atoms with Gasteiger partial charge in [0, 0.05) is 44.6 Å². The van der Waals surface area contributed by atoms with Gasteiger partial charge in [0.25, 0.3) is 5.91 Å². The number of aryl methyl sites for hydroxylation is 1. The third-order valence-corrected chi connectivity index (χ3v) is 6.37. The van der Waals surface area contributed by atoms with Crippen molar-refractivity contribution in [1.29, 1.82) is 0 Å². The van der Waals surface area contributed by atoms with Crippen LogP contribution in [0.4, 0.5) is 13.2 Å². The number of hydrogen-bond donors (Lipinski definition) is 1. The van der Waals surface area contributed by atoms with Crippen LogP contribution in [0.2, 0.25) is 0 Å². The summed E-state index contributed by atoms with van der Waals surface area (Å²) in [5.41, 5.74) is 4.08. The highest BCUT2D eigenvalue weighted by molar-refractivity contribution is 6.00. The SMILES string of the molecule is Cc1ccc(-n2nccc2-c2nc(C(=O)N3CCN(C(C)C)CC3)c3cnccn23)cc1.O=C(O)C(F)(F)F. The molecule has 0 bridgehead atoms. The van der Waals surface area contributed by atoms with Gasteiger partial charge in [-0.15, -0.1) is 0 Å². The molecule has 1 aliphatic rings. The zero-order valence-corrected chi connectivity index (χ0v) is 21.6. The summed E-state index contributed by atoms with van der Waals surface area (Å²) in [5, 5.41) is 11.6. The van der Waals surface area contributed by atoms with Crippen LogP contribution in [-0.4, -0.2) is 89.3 Å². The van der Waals surface area contributed by atoms with Gasteiger partial charge >= 0.3 is 12.1 Å². The predicted octanol–water partition coefficient (Wildman–Crippen LogP) is 3.69. The molecule has 206 valence electrons. The number of carbonyl (C=O) groups is 2. The van der Waals surface area contributed by atoms with Gasteiger partial charge in [0.05, 0.1) is 23.6 Å². The number of piperazine rings is 1. The molecular weight excluding hydrogens is 515 g/mol. The monoisotopic (exact) mass is 543 g/mol. The lowest BCUT2D eigenvalue weighted by Crippen LogP contribution is -2.50. The van der Waals surface area contributed by atoms with E-state index in [4.69, 9.17) is 14.9 Å². The summed E-state index contributed by atoms with van der Waals surface area (Å²) >= 11 is 0. The molecule has 10 nitrogen and oxygen atoms in total. The lowest BCUT2D eigenvalue weighted by molar-refractivity contribution is -0.192. The summed E-state index contributed by atoms with van der Waals surface area (Å²) in [4.78, 5) is 35.7. The molecular formula is C26H28F3N7O3. The first-order valence-corrected chi connectivity index (χ1v) is 12.2. The number of fused-ring (bicyclic) bond motifs is 1. The van der Waals surface area contributed by atoms with Crippen molar-refractivity contribution in [2.24, 2.45) is 0 Å². The van der Waals surface area contributed by atoms with Crippen molar-refractivity contribution in [3.63, 3.8) is 0 Å². The third kappa shape index (κ3) is 6.08. The number of aromatic nitrogens is 5. The maximum Gasteiger partial charge on any atom is 0.490 e. The quantitative estimate of drug-likeness (QED) is 0.418. The molecule has 1 saturated heterocycles. The Morgan fingerprint density at radius 2 is 1.64 bits per heavy atom. The lowest BCUT2D eigenvalue weighted by atomic mass is 10.2. The van der Waals surface area contributed by atoms with Crippen molar-refractivity contribution in [1.82, 2.24) is 33.9 Å². The molecule has 5 rings (SSSR count). The number of halogens is 3. The van der Waals surface area contributed by atoms with E-state index in [1.165, 1.54) is 5.56 Å². The smallest absolute Gasteiger partial charge is 0.475 e. The fourth-order valence-corrected chi connectivity index (χ4v) is 4.23. The molecule has 1 aromatic carbocycles. The molecule has 1 aliphatic heterocycles. The summed E-state index contributed by atoms with van der Waals surface area (Å²) in [5.74, 6) is -2.14. The van der Waals surface area contributed by atoms with Gasteiger partial charge in [-0.05, 0) is 39.0 Å². The molecule has 0 spiro atoms. The molecule has 0 aliphatic carbocycles. The molecule has 39 heavy (non-hydrogen) atoms. The normalized spacial score (nSPS) is 14.4. The van der Waals surface area contributed by atoms with Gasteiger partial charge in [-0.3, -0.25) is 19.1 Å².